The maximum atomic E-state index is 12.2. The molecule has 1 aromatic carbocycles. The zero-order valence-corrected chi connectivity index (χ0v) is 12.3. The van der Waals surface area contributed by atoms with Gasteiger partial charge in [0, 0.05) is 18.8 Å². The summed E-state index contributed by atoms with van der Waals surface area (Å²) in [6.45, 7) is 6.00. The molecule has 0 saturated carbocycles. The average Bonchev–Trinajstić information content (AvgIpc) is 2.49. The molecule has 1 amide bonds. The molecule has 1 aromatic rings. The van der Waals surface area contributed by atoms with Crippen molar-refractivity contribution in [1.82, 2.24) is 0 Å². The van der Waals surface area contributed by atoms with Crippen LogP contribution < -0.4 is 10.6 Å². The summed E-state index contributed by atoms with van der Waals surface area (Å²) in [6.07, 6.45) is 1.56. The van der Waals surface area contributed by atoms with Crippen LogP contribution in [0.2, 0.25) is 0 Å². The van der Waals surface area contributed by atoms with Crippen molar-refractivity contribution in [3.05, 3.63) is 36.4 Å². The number of hydrogen-bond donors (Lipinski definition) is 1. The lowest BCUT2D eigenvalue weighted by Gasteiger charge is -2.23. The Morgan fingerprint density at radius 1 is 1.43 bits per heavy atom. The highest BCUT2D eigenvalue weighted by atomic mass is 16.5. The Kier molecular flexibility index (Phi) is 6.42. The second-order valence-corrected chi connectivity index (χ2v) is 4.20. The number of esters is 1. The van der Waals surface area contributed by atoms with Gasteiger partial charge in [0.2, 0.25) is 0 Å². The fourth-order valence-electron chi connectivity index (χ4n) is 1.79. The average molecular weight is 292 g/mol. The molecule has 6 nitrogen and oxygen atoms in total. The van der Waals surface area contributed by atoms with E-state index in [4.69, 9.17) is 15.2 Å². The van der Waals surface area contributed by atoms with Crippen molar-refractivity contribution in [1.29, 1.82) is 0 Å². The zero-order valence-electron chi connectivity index (χ0n) is 12.3. The molecule has 2 N–H and O–H groups in total. The smallest absolute Gasteiger partial charge is 0.339 e. The quantitative estimate of drug-likeness (QED) is 0.469. The molecule has 6 heteroatoms. The summed E-state index contributed by atoms with van der Waals surface area (Å²) in [5.41, 5.74) is 6.84. The molecule has 0 heterocycles. The van der Waals surface area contributed by atoms with E-state index in [1.54, 1.807) is 25.1 Å². The molecule has 0 aliphatic rings. The lowest BCUT2D eigenvalue weighted by molar-refractivity contribution is -0.122. The summed E-state index contributed by atoms with van der Waals surface area (Å²) in [4.78, 5) is 25.5. The van der Waals surface area contributed by atoms with Crippen LogP contribution in [-0.2, 0) is 14.3 Å². The topological polar surface area (TPSA) is 81.9 Å². The number of ether oxygens (including phenoxy) is 2. The second kappa shape index (κ2) is 8.06. The molecule has 0 saturated heterocycles. The van der Waals surface area contributed by atoms with E-state index in [1.165, 1.54) is 18.1 Å². The first-order chi connectivity index (χ1) is 10.0. The molecule has 0 bridgehead atoms. The third-order valence-corrected chi connectivity index (χ3v) is 2.76. The number of carbonyl (C=O) groups is 2. The molecule has 21 heavy (non-hydrogen) atoms. The van der Waals surface area contributed by atoms with Gasteiger partial charge in [0.25, 0.3) is 5.91 Å². The van der Waals surface area contributed by atoms with E-state index in [9.17, 15) is 9.59 Å². The van der Waals surface area contributed by atoms with Gasteiger partial charge in [0.15, 0.2) is 0 Å². The van der Waals surface area contributed by atoms with Crippen molar-refractivity contribution in [2.75, 3.05) is 37.5 Å². The zero-order chi connectivity index (χ0) is 15.8. The second-order valence-electron chi connectivity index (χ2n) is 4.20. The highest BCUT2D eigenvalue weighted by molar-refractivity contribution is 6.03. The Labute approximate surface area is 124 Å². The largest absolute Gasteiger partial charge is 0.465 e. The first kappa shape index (κ1) is 16.7. The molecule has 0 aliphatic carbocycles. The van der Waals surface area contributed by atoms with Gasteiger partial charge in [0.1, 0.15) is 6.61 Å². The lowest BCUT2D eigenvalue weighted by atomic mass is 10.1. The van der Waals surface area contributed by atoms with Crippen molar-refractivity contribution >= 4 is 23.3 Å². The van der Waals surface area contributed by atoms with Crippen LogP contribution in [0.1, 0.15) is 17.3 Å². The standard InChI is InChI=1S/C15H20N2O4/c1-4-8-17(14(18)10-21-5-2)13-9-11(16)6-7-12(13)15(19)20-3/h4,6-7,9H,1,5,8,10,16H2,2-3H3. The van der Waals surface area contributed by atoms with E-state index in [2.05, 4.69) is 6.58 Å². The fourth-order valence-corrected chi connectivity index (χ4v) is 1.79. The number of carbonyl (C=O) groups excluding carboxylic acids is 2. The van der Waals surface area contributed by atoms with Gasteiger partial charge in [-0.15, -0.1) is 6.58 Å². The van der Waals surface area contributed by atoms with E-state index in [-0.39, 0.29) is 24.6 Å². The van der Waals surface area contributed by atoms with Gasteiger partial charge >= 0.3 is 5.97 Å². The van der Waals surface area contributed by atoms with Gasteiger partial charge in [-0.3, -0.25) is 4.79 Å². The third kappa shape index (κ3) is 4.32. The number of anilines is 2. The normalized spacial score (nSPS) is 10.0. The predicted molar refractivity (Wildman–Crippen MR) is 81.2 cm³/mol. The number of hydrogen-bond acceptors (Lipinski definition) is 5. The van der Waals surface area contributed by atoms with Gasteiger partial charge in [-0.25, -0.2) is 4.79 Å². The first-order valence-corrected chi connectivity index (χ1v) is 6.52. The molecule has 0 fully saturated rings. The van der Waals surface area contributed by atoms with Gasteiger partial charge in [-0.2, -0.15) is 0 Å². The van der Waals surface area contributed by atoms with Crippen molar-refractivity contribution in [3.8, 4) is 0 Å². The molecule has 0 radical (unpaired) electrons. The fraction of sp³-hybridized carbons (Fsp3) is 0.333. The van der Waals surface area contributed by atoms with Crippen molar-refractivity contribution in [2.45, 2.75) is 6.92 Å². The van der Waals surface area contributed by atoms with E-state index in [0.29, 0.717) is 18.0 Å². The molecular formula is C15H20N2O4. The number of nitrogens with two attached hydrogens (primary N) is 1. The SMILES string of the molecule is C=CCN(C(=O)COCC)c1cc(N)ccc1C(=O)OC. The van der Waals surface area contributed by atoms with Crippen LogP contribution in [0.25, 0.3) is 0 Å². The van der Waals surface area contributed by atoms with Crippen molar-refractivity contribution < 1.29 is 19.1 Å². The van der Waals surface area contributed by atoms with Crippen LogP contribution in [0.15, 0.2) is 30.9 Å². The predicted octanol–water partition coefficient (Wildman–Crippen LogP) is 1.61. The van der Waals surface area contributed by atoms with Gasteiger partial charge < -0.3 is 20.1 Å². The van der Waals surface area contributed by atoms with Crippen LogP contribution >= 0.6 is 0 Å². The van der Waals surface area contributed by atoms with E-state index in [0.717, 1.165) is 0 Å². The van der Waals surface area contributed by atoms with Crippen LogP contribution in [0, 0.1) is 0 Å². The molecule has 0 unspecified atom stereocenters. The van der Waals surface area contributed by atoms with Crippen molar-refractivity contribution in [2.24, 2.45) is 0 Å². The summed E-state index contributed by atoms with van der Waals surface area (Å²) in [7, 11) is 1.28. The molecule has 0 aliphatic heterocycles. The number of methoxy groups -OCH3 is 1. The molecule has 1 rings (SSSR count). The van der Waals surface area contributed by atoms with Gasteiger partial charge in [0.05, 0.1) is 18.4 Å². The Bertz CT molecular complexity index is 528. The summed E-state index contributed by atoms with van der Waals surface area (Å²) < 4.78 is 9.86. The molecule has 114 valence electrons. The molecule has 0 spiro atoms. The number of rotatable bonds is 7. The number of benzene rings is 1. The molecule has 0 aromatic heterocycles. The first-order valence-electron chi connectivity index (χ1n) is 6.52. The monoisotopic (exact) mass is 292 g/mol. The Balaban J connectivity index is 3.22. The van der Waals surface area contributed by atoms with E-state index in [1.807, 2.05) is 0 Å². The highest BCUT2D eigenvalue weighted by Gasteiger charge is 2.21. The van der Waals surface area contributed by atoms with Gasteiger partial charge in [-0.05, 0) is 25.1 Å². The highest BCUT2D eigenvalue weighted by Crippen LogP contribution is 2.25. The Hall–Kier alpha value is -2.34. The summed E-state index contributed by atoms with van der Waals surface area (Å²) >= 11 is 0. The van der Waals surface area contributed by atoms with Crippen LogP contribution in [0.5, 0.6) is 0 Å². The molecule has 0 atom stereocenters. The number of amides is 1. The third-order valence-electron chi connectivity index (χ3n) is 2.76. The number of nitrogens with zero attached hydrogens (tertiary/aromatic N) is 1. The Morgan fingerprint density at radius 3 is 2.71 bits per heavy atom. The maximum absolute atomic E-state index is 12.2. The lowest BCUT2D eigenvalue weighted by Crippen LogP contribution is -2.35. The Morgan fingerprint density at radius 2 is 2.14 bits per heavy atom. The van der Waals surface area contributed by atoms with E-state index >= 15 is 0 Å². The minimum Gasteiger partial charge on any atom is -0.465 e. The van der Waals surface area contributed by atoms with Gasteiger partial charge in [-0.1, -0.05) is 6.08 Å². The molecular weight excluding hydrogens is 272 g/mol. The summed E-state index contributed by atoms with van der Waals surface area (Å²) in [6, 6.07) is 4.66. The minimum atomic E-state index is -0.539. The maximum Gasteiger partial charge on any atom is 0.339 e. The summed E-state index contributed by atoms with van der Waals surface area (Å²) in [5.74, 6) is -0.823. The van der Waals surface area contributed by atoms with Crippen molar-refractivity contribution in [3.63, 3.8) is 0 Å². The van der Waals surface area contributed by atoms with Crippen LogP contribution in [0.4, 0.5) is 11.4 Å². The van der Waals surface area contributed by atoms with E-state index < -0.39 is 5.97 Å². The van der Waals surface area contributed by atoms with Crippen LogP contribution in [-0.4, -0.2) is 38.7 Å². The number of nitrogen functional groups attached to an aromatic ring is 1. The summed E-state index contributed by atoms with van der Waals surface area (Å²) in [5, 5.41) is 0. The van der Waals surface area contributed by atoms with Crippen LogP contribution in [0.3, 0.4) is 0 Å². The minimum absolute atomic E-state index is 0.0836.